The van der Waals surface area contributed by atoms with Crippen molar-refractivity contribution in [3.05, 3.63) is 0 Å². The Kier molecular flexibility index (Phi) is 5.36. The van der Waals surface area contributed by atoms with E-state index in [0.29, 0.717) is 0 Å². The number of nitriles is 1. The van der Waals surface area contributed by atoms with E-state index in [1.165, 1.54) is 0 Å². The topological polar surface area (TPSA) is 35.8 Å². The molecular formula is C9H18N2S. The third kappa shape index (κ3) is 6.51. The van der Waals surface area contributed by atoms with Gasteiger partial charge in [0.25, 0.3) is 0 Å². The molecule has 0 fully saturated rings. The molecule has 1 atom stereocenters. The summed E-state index contributed by atoms with van der Waals surface area (Å²) in [5, 5.41) is 12.1. The number of thioether (sulfide) groups is 1. The molecule has 0 aliphatic heterocycles. The number of rotatable bonds is 4. The van der Waals surface area contributed by atoms with Gasteiger partial charge in [0.15, 0.2) is 0 Å². The lowest BCUT2D eigenvalue weighted by atomic mass is 10.1. The van der Waals surface area contributed by atoms with E-state index in [1.807, 2.05) is 0 Å². The molecule has 0 radical (unpaired) electrons. The quantitative estimate of drug-likeness (QED) is 0.729. The van der Waals surface area contributed by atoms with E-state index in [-0.39, 0.29) is 11.6 Å². The highest BCUT2D eigenvalue weighted by Gasteiger charge is 2.15. The van der Waals surface area contributed by atoms with Crippen LogP contribution in [-0.2, 0) is 0 Å². The molecule has 0 rings (SSSR count). The Morgan fingerprint density at radius 2 is 2.08 bits per heavy atom. The Labute approximate surface area is 79.7 Å². The fraction of sp³-hybridized carbons (Fsp3) is 0.889. The molecule has 0 aromatic heterocycles. The lowest BCUT2D eigenvalue weighted by Crippen LogP contribution is -2.43. The van der Waals surface area contributed by atoms with Crippen molar-refractivity contribution in [3.63, 3.8) is 0 Å². The second kappa shape index (κ2) is 5.45. The van der Waals surface area contributed by atoms with Crippen LogP contribution in [0.25, 0.3) is 0 Å². The van der Waals surface area contributed by atoms with Crippen LogP contribution in [0.3, 0.4) is 0 Å². The molecule has 0 bridgehead atoms. The zero-order chi connectivity index (χ0) is 9.61. The average Bonchev–Trinajstić information content (AvgIpc) is 1.95. The molecule has 1 unspecified atom stereocenters. The van der Waals surface area contributed by atoms with E-state index in [2.05, 4.69) is 38.4 Å². The summed E-state index contributed by atoms with van der Waals surface area (Å²) in [6.45, 7) is 6.24. The van der Waals surface area contributed by atoms with Gasteiger partial charge in [-0.25, -0.2) is 0 Å². The summed E-state index contributed by atoms with van der Waals surface area (Å²) in [6.07, 6.45) is 2.99. The second-order valence-corrected chi connectivity index (χ2v) is 4.84. The Morgan fingerprint density at radius 1 is 1.50 bits per heavy atom. The minimum Gasteiger partial charge on any atom is -0.297 e. The van der Waals surface area contributed by atoms with E-state index < -0.39 is 0 Å². The van der Waals surface area contributed by atoms with Crippen LogP contribution in [0.1, 0.15) is 27.2 Å². The standard InChI is InChI=1S/C9H18N2S/c1-9(2,3)11-8(7-10)5-6-12-4/h8,11H,5-6H2,1-4H3. The summed E-state index contributed by atoms with van der Waals surface area (Å²) >= 11 is 1.78. The number of hydrogen-bond acceptors (Lipinski definition) is 3. The van der Waals surface area contributed by atoms with Crippen molar-refractivity contribution in [1.82, 2.24) is 5.32 Å². The van der Waals surface area contributed by atoms with Crippen LogP contribution in [0.2, 0.25) is 0 Å². The highest BCUT2D eigenvalue weighted by atomic mass is 32.2. The fourth-order valence-corrected chi connectivity index (χ4v) is 1.40. The molecule has 3 heteroatoms. The molecule has 1 N–H and O–H groups in total. The van der Waals surface area contributed by atoms with Crippen LogP contribution in [0, 0.1) is 11.3 Å². The number of nitrogens with one attached hydrogen (secondary N) is 1. The summed E-state index contributed by atoms with van der Waals surface area (Å²) in [7, 11) is 0. The van der Waals surface area contributed by atoms with Crippen molar-refractivity contribution >= 4 is 11.8 Å². The molecule has 2 nitrogen and oxygen atoms in total. The predicted molar refractivity (Wildman–Crippen MR) is 55.3 cm³/mol. The number of hydrogen-bond donors (Lipinski definition) is 1. The summed E-state index contributed by atoms with van der Waals surface area (Å²) < 4.78 is 0. The van der Waals surface area contributed by atoms with Crippen LogP contribution in [0.15, 0.2) is 0 Å². The maximum atomic E-state index is 8.79. The van der Waals surface area contributed by atoms with Gasteiger partial charge in [-0.05, 0) is 39.2 Å². The molecule has 0 saturated carbocycles. The van der Waals surface area contributed by atoms with E-state index in [9.17, 15) is 0 Å². The van der Waals surface area contributed by atoms with E-state index in [0.717, 1.165) is 12.2 Å². The molecule has 0 amide bonds. The molecule has 0 saturated heterocycles. The van der Waals surface area contributed by atoms with Gasteiger partial charge in [-0.1, -0.05) is 0 Å². The van der Waals surface area contributed by atoms with Crippen LogP contribution in [0.4, 0.5) is 0 Å². The molecule has 70 valence electrons. The predicted octanol–water partition coefficient (Wildman–Crippen LogP) is 2.02. The average molecular weight is 186 g/mol. The largest absolute Gasteiger partial charge is 0.297 e. The van der Waals surface area contributed by atoms with Gasteiger partial charge < -0.3 is 0 Å². The van der Waals surface area contributed by atoms with Gasteiger partial charge in [-0.15, -0.1) is 0 Å². The van der Waals surface area contributed by atoms with Crippen LogP contribution in [0.5, 0.6) is 0 Å². The van der Waals surface area contributed by atoms with Crippen molar-refractivity contribution in [1.29, 1.82) is 5.26 Å². The Hall–Kier alpha value is -0.200. The smallest absolute Gasteiger partial charge is 0.0964 e. The third-order valence-corrected chi connectivity index (χ3v) is 2.02. The minimum atomic E-state index is -0.00236. The fourth-order valence-electron chi connectivity index (χ4n) is 0.927. The molecule has 12 heavy (non-hydrogen) atoms. The molecule has 0 aliphatic rings. The van der Waals surface area contributed by atoms with Crippen LogP contribution >= 0.6 is 11.8 Å². The van der Waals surface area contributed by atoms with Crippen LogP contribution in [-0.4, -0.2) is 23.6 Å². The van der Waals surface area contributed by atoms with Crippen molar-refractivity contribution < 1.29 is 0 Å². The Balaban J connectivity index is 3.78. The Morgan fingerprint density at radius 3 is 2.42 bits per heavy atom. The SMILES string of the molecule is CSCCC(C#N)NC(C)(C)C. The Bertz CT molecular complexity index is 155. The summed E-state index contributed by atoms with van der Waals surface area (Å²) in [5.41, 5.74) is 0.0405. The van der Waals surface area contributed by atoms with Crippen molar-refractivity contribution in [2.75, 3.05) is 12.0 Å². The lowest BCUT2D eigenvalue weighted by molar-refractivity contribution is 0.391. The van der Waals surface area contributed by atoms with Crippen LogP contribution < -0.4 is 5.32 Å². The lowest BCUT2D eigenvalue weighted by Gasteiger charge is -2.24. The maximum Gasteiger partial charge on any atom is 0.0964 e. The summed E-state index contributed by atoms with van der Waals surface area (Å²) in [4.78, 5) is 0. The zero-order valence-corrected chi connectivity index (χ0v) is 9.16. The summed E-state index contributed by atoms with van der Waals surface area (Å²) in [6, 6.07) is 2.27. The molecule has 0 aromatic rings. The van der Waals surface area contributed by atoms with Crippen molar-refractivity contribution in [2.45, 2.75) is 38.8 Å². The number of nitrogens with zero attached hydrogens (tertiary/aromatic N) is 1. The first-order valence-electron chi connectivity index (χ1n) is 4.16. The third-order valence-electron chi connectivity index (χ3n) is 1.37. The van der Waals surface area contributed by atoms with Crippen molar-refractivity contribution in [3.8, 4) is 6.07 Å². The van der Waals surface area contributed by atoms with Gasteiger partial charge in [-0.2, -0.15) is 17.0 Å². The molecular weight excluding hydrogens is 168 g/mol. The second-order valence-electron chi connectivity index (χ2n) is 3.86. The van der Waals surface area contributed by atoms with Gasteiger partial charge in [0, 0.05) is 5.54 Å². The first-order valence-corrected chi connectivity index (χ1v) is 5.55. The van der Waals surface area contributed by atoms with Crippen molar-refractivity contribution in [2.24, 2.45) is 0 Å². The summed E-state index contributed by atoms with van der Waals surface area (Å²) in [5.74, 6) is 1.04. The van der Waals surface area contributed by atoms with Gasteiger partial charge >= 0.3 is 0 Å². The highest BCUT2D eigenvalue weighted by molar-refractivity contribution is 7.98. The molecule has 0 heterocycles. The maximum absolute atomic E-state index is 8.79. The monoisotopic (exact) mass is 186 g/mol. The van der Waals surface area contributed by atoms with E-state index in [1.54, 1.807) is 11.8 Å². The normalized spacial score (nSPS) is 13.9. The zero-order valence-electron chi connectivity index (χ0n) is 8.35. The molecule has 0 aliphatic carbocycles. The molecule has 0 spiro atoms. The van der Waals surface area contributed by atoms with Gasteiger partial charge in [0.05, 0.1) is 12.1 Å². The van der Waals surface area contributed by atoms with E-state index in [4.69, 9.17) is 5.26 Å². The van der Waals surface area contributed by atoms with Gasteiger partial charge in [0.2, 0.25) is 0 Å². The van der Waals surface area contributed by atoms with E-state index >= 15 is 0 Å². The minimum absolute atomic E-state index is 0.00236. The first-order chi connectivity index (χ1) is 5.49. The first kappa shape index (κ1) is 11.8. The van der Waals surface area contributed by atoms with Gasteiger partial charge in [0.1, 0.15) is 0 Å². The highest BCUT2D eigenvalue weighted by Crippen LogP contribution is 2.05. The molecule has 0 aromatic carbocycles. The van der Waals surface area contributed by atoms with Gasteiger partial charge in [-0.3, -0.25) is 5.32 Å².